The molecule has 10 heteroatoms. The topological polar surface area (TPSA) is 175 Å². The van der Waals surface area contributed by atoms with E-state index in [1.165, 1.54) is 0 Å². The molecule has 1 saturated heterocycles. The van der Waals surface area contributed by atoms with Crippen molar-refractivity contribution in [2.75, 3.05) is 19.8 Å². The first-order valence-electron chi connectivity index (χ1n) is 7.18. The van der Waals surface area contributed by atoms with Crippen LogP contribution in [-0.4, -0.2) is 48.8 Å². The molecule has 0 aromatic rings. The zero-order valence-corrected chi connectivity index (χ0v) is 12.9. The number of esters is 1. The Kier molecular flexibility index (Phi) is 7.13. The number of aliphatic imine (C=N–C) groups is 1. The molecule has 8 N–H and O–H groups in total. The average molecular weight is 329 g/mol. The second-order valence-electron chi connectivity index (χ2n) is 4.95. The van der Waals surface area contributed by atoms with E-state index in [1.807, 2.05) is 0 Å². The molecule has 10 nitrogen and oxygen atoms in total. The number of rotatable bonds is 6. The molecule has 0 radical (unpaired) electrons. The van der Waals surface area contributed by atoms with E-state index in [-0.39, 0.29) is 37.3 Å². The van der Waals surface area contributed by atoms with E-state index in [9.17, 15) is 14.7 Å². The van der Waals surface area contributed by atoms with E-state index in [2.05, 4.69) is 10.3 Å². The van der Waals surface area contributed by atoms with Gasteiger partial charge in [-0.2, -0.15) is 4.99 Å². The van der Waals surface area contributed by atoms with Crippen LogP contribution >= 0.6 is 0 Å². The summed E-state index contributed by atoms with van der Waals surface area (Å²) in [5, 5.41) is 12.0. The number of hydrogen-bond donors (Lipinski definition) is 5. The van der Waals surface area contributed by atoms with Crippen LogP contribution in [0.25, 0.3) is 0 Å². The van der Waals surface area contributed by atoms with E-state index < -0.39 is 23.9 Å². The van der Waals surface area contributed by atoms with Crippen LogP contribution < -0.4 is 22.5 Å². The Hall–Kier alpha value is -2.49. The van der Waals surface area contributed by atoms with Gasteiger partial charge in [-0.25, -0.2) is 4.79 Å². The number of carbonyl (C=O) groups is 2. The van der Waals surface area contributed by atoms with Gasteiger partial charge in [-0.3, -0.25) is 4.79 Å². The number of aliphatic hydroxyl groups excluding tert-OH is 1. The first-order valence-corrected chi connectivity index (χ1v) is 7.18. The lowest BCUT2D eigenvalue weighted by molar-refractivity contribution is -0.163. The average Bonchev–Trinajstić information content (AvgIpc) is 2.52. The minimum absolute atomic E-state index is 0.0760. The molecule has 0 aromatic heterocycles. The second kappa shape index (κ2) is 8.83. The fourth-order valence-corrected chi connectivity index (χ4v) is 1.98. The number of guanidine groups is 1. The van der Waals surface area contributed by atoms with Crippen molar-refractivity contribution < 1.29 is 24.2 Å². The van der Waals surface area contributed by atoms with Gasteiger partial charge < -0.3 is 37.1 Å². The lowest BCUT2D eigenvalue weighted by atomic mass is 9.97. The summed E-state index contributed by atoms with van der Waals surface area (Å²) >= 11 is 0. The molecule has 1 heterocycles. The number of ether oxygens (including phenoxy) is 2. The van der Waals surface area contributed by atoms with Crippen LogP contribution in [0.2, 0.25) is 0 Å². The van der Waals surface area contributed by atoms with Gasteiger partial charge in [0.05, 0.1) is 31.4 Å². The van der Waals surface area contributed by atoms with Gasteiger partial charge in [0.1, 0.15) is 0 Å². The highest BCUT2D eigenvalue weighted by molar-refractivity contribution is 5.80. The van der Waals surface area contributed by atoms with Crippen molar-refractivity contribution in [3.05, 3.63) is 11.6 Å². The Bertz CT molecular complexity index is 493. The van der Waals surface area contributed by atoms with Crippen molar-refractivity contribution in [3.63, 3.8) is 0 Å². The van der Waals surface area contributed by atoms with Gasteiger partial charge in [0.15, 0.2) is 12.1 Å². The van der Waals surface area contributed by atoms with Crippen molar-refractivity contribution in [3.8, 4) is 0 Å². The normalized spacial score (nSPS) is 21.8. The summed E-state index contributed by atoms with van der Waals surface area (Å²) in [6, 6.07) is 0. The minimum atomic E-state index is -0.630. The highest BCUT2D eigenvalue weighted by Crippen LogP contribution is 2.20. The van der Waals surface area contributed by atoms with Crippen molar-refractivity contribution in [1.82, 2.24) is 5.32 Å². The third-order valence-corrected chi connectivity index (χ3v) is 3.17. The predicted octanol–water partition coefficient (Wildman–Crippen LogP) is -1.58. The summed E-state index contributed by atoms with van der Waals surface area (Å²) in [6.07, 6.45) is 0.259. The van der Waals surface area contributed by atoms with Gasteiger partial charge in [0, 0.05) is 0 Å². The van der Waals surface area contributed by atoms with Gasteiger partial charge in [0.2, 0.25) is 11.8 Å². The number of amides is 1. The molecule has 130 valence electrons. The van der Waals surface area contributed by atoms with Gasteiger partial charge in [-0.15, -0.1) is 0 Å². The van der Waals surface area contributed by atoms with Gasteiger partial charge >= 0.3 is 5.97 Å². The Balaban J connectivity index is 2.43. The van der Waals surface area contributed by atoms with Crippen LogP contribution in [0.1, 0.15) is 19.8 Å². The Morgan fingerprint density at radius 1 is 1.35 bits per heavy atom. The van der Waals surface area contributed by atoms with E-state index in [1.54, 1.807) is 6.92 Å². The number of nitrogens with one attached hydrogen (secondary N) is 1. The molecular weight excluding hydrogens is 306 g/mol. The largest absolute Gasteiger partial charge is 0.492 e. The lowest BCUT2D eigenvalue weighted by Gasteiger charge is -2.26. The van der Waals surface area contributed by atoms with E-state index >= 15 is 0 Å². The van der Waals surface area contributed by atoms with E-state index in [4.69, 9.17) is 26.7 Å². The van der Waals surface area contributed by atoms with Crippen molar-refractivity contribution in [2.24, 2.45) is 28.1 Å². The third-order valence-electron chi connectivity index (χ3n) is 3.17. The van der Waals surface area contributed by atoms with Crippen LogP contribution in [0, 0.1) is 5.92 Å². The SMILES string of the molecule is CCOC(=O)C1CCC(C(=O)NC/C(N)=C(\O)N=C(N)N)CO1. The monoisotopic (exact) mass is 329 g/mol. The maximum atomic E-state index is 12.0. The molecule has 1 rings (SSSR count). The summed E-state index contributed by atoms with van der Waals surface area (Å²) in [5.41, 5.74) is 15.7. The van der Waals surface area contributed by atoms with Crippen molar-refractivity contribution in [2.45, 2.75) is 25.9 Å². The zero-order chi connectivity index (χ0) is 17.4. The summed E-state index contributed by atoms with van der Waals surface area (Å²) in [7, 11) is 0. The van der Waals surface area contributed by atoms with Crippen LogP contribution in [-0.2, 0) is 19.1 Å². The molecule has 0 aromatic carbocycles. The Morgan fingerprint density at radius 3 is 2.57 bits per heavy atom. The van der Waals surface area contributed by atoms with Crippen LogP contribution in [0.5, 0.6) is 0 Å². The number of hydrogen-bond acceptors (Lipinski definition) is 7. The molecule has 0 saturated carbocycles. The molecule has 0 bridgehead atoms. The van der Waals surface area contributed by atoms with Gasteiger partial charge in [-0.1, -0.05) is 0 Å². The number of nitrogens with zero attached hydrogens (tertiary/aromatic N) is 1. The smallest absolute Gasteiger partial charge is 0.335 e. The Morgan fingerprint density at radius 2 is 2.04 bits per heavy atom. The zero-order valence-electron chi connectivity index (χ0n) is 12.9. The second-order valence-corrected chi connectivity index (χ2v) is 4.95. The molecule has 23 heavy (non-hydrogen) atoms. The molecule has 1 aliphatic rings. The van der Waals surface area contributed by atoms with E-state index in [0.29, 0.717) is 12.8 Å². The predicted molar refractivity (Wildman–Crippen MR) is 81.8 cm³/mol. The maximum absolute atomic E-state index is 12.0. The summed E-state index contributed by atoms with van der Waals surface area (Å²) in [6.45, 7) is 2.00. The fraction of sp³-hybridized carbons (Fsp3) is 0.615. The summed E-state index contributed by atoms with van der Waals surface area (Å²) in [4.78, 5) is 26.9. The molecular formula is C13H23N5O5. The van der Waals surface area contributed by atoms with Crippen LogP contribution in [0.3, 0.4) is 0 Å². The number of carbonyl (C=O) groups excluding carboxylic acids is 2. The van der Waals surface area contributed by atoms with Crippen molar-refractivity contribution in [1.29, 1.82) is 0 Å². The summed E-state index contributed by atoms with van der Waals surface area (Å²) < 4.78 is 10.2. The molecule has 2 unspecified atom stereocenters. The Labute approximate surface area is 133 Å². The first-order chi connectivity index (χ1) is 10.8. The molecule has 1 amide bonds. The lowest BCUT2D eigenvalue weighted by Crippen LogP contribution is -2.41. The molecule has 2 atom stereocenters. The van der Waals surface area contributed by atoms with Crippen molar-refractivity contribution >= 4 is 17.8 Å². The molecule has 0 aliphatic carbocycles. The third kappa shape index (κ3) is 6.02. The summed E-state index contributed by atoms with van der Waals surface area (Å²) in [5.74, 6) is -2.01. The van der Waals surface area contributed by atoms with Crippen LogP contribution in [0.15, 0.2) is 16.6 Å². The molecule has 1 fully saturated rings. The highest BCUT2D eigenvalue weighted by Gasteiger charge is 2.31. The number of aliphatic hydroxyl groups is 1. The quantitative estimate of drug-likeness (QED) is 0.168. The van der Waals surface area contributed by atoms with Gasteiger partial charge in [-0.05, 0) is 19.8 Å². The fourth-order valence-electron chi connectivity index (χ4n) is 1.98. The highest BCUT2D eigenvalue weighted by atomic mass is 16.6. The van der Waals surface area contributed by atoms with Crippen LogP contribution in [0.4, 0.5) is 0 Å². The first kappa shape index (κ1) is 18.6. The molecule has 0 spiro atoms. The standard InChI is InChI=1S/C13H23N5O5/c1-2-22-12(21)9-4-3-7(6-23-9)10(19)17-5-8(14)11(20)18-13(15)16/h7,9,20H,2-6,14H2,1H3,(H,17,19)(H4,15,16,18)/b11-8+. The van der Waals surface area contributed by atoms with Gasteiger partial charge in [0.25, 0.3) is 0 Å². The number of nitrogens with two attached hydrogens (primary N) is 3. The van der Waals surface area contributed by atoms with E-state index in [0.717, 1.165) is 0 Å². The minimum Gasteiger partial charge on any atom is -0.492 e. The maximum Gasteiger partial charge on any atom is 0.335 e. The molecule has 1 aliphatic heterocycles.